The quantitative estimate of drug-likeness (QED) is 0.398. The molecule has 1 N–H and O–H groups in total. The van der Waals surface area contributed by atoms with Gasteiger partial charge in [0.25, 0.3) is 5.91 Å². The topological polar surface area (TPSA) is 73.9 Å². The minimum atomic E-state index is -0.928. The monoisotopic (exact) mass is 447 g/mol. The smallest absolute Gasteiger partial charge is 0.339 e. The van der Waals surface area contributed by atoms with E-state index in [0.717, 1.165) is 18.6 Å². The first-order valence-corrected chi connectivity index (χ1v) is 11.0. The van der Waals surface area contributed by atoms with Gasteiger partial charge in [-0.15, -0.1) is 0 Å². The van der Waals surface area contributed by atoms with Crippen LogP contribution in [0.15, 0.2) is 78.9 Å². The van der Waals surface area contributed by atoms with Crippen LogP contribution in [0, 0.1) is 0 Å². The number of amides is 1. The predicted molar refractivity (Wildman–Crippen MR) is 128 cm³/mol. The van der Waals surface area contributed by atoms with Gasteiger partial charge in [0.15, 0.2) is 0 Å². The molecule has 3 aromatic carbocycles. The Morgan fingerprint density at radius 2 is 1.36 bits per heavy atom. The van der Waals surface area contributed by atoms with Crippen LogP contribution in [0.2, 0.25) is 0 Å². The fraction of sp³-hybridized carbons (Fsp3) is 0.259. The zero-order valence-electron chi connectivity index (χ0n) is 19.1. The zero-order valence-corrected chi connectivity index (χ0v) is 19.1. The summed E-state index contributed by atoms with van der Waals surface area (Å²) in [4.78, 5) is 25.3. The molecule has 0 aliphatic heterocycles. The van der Waals surface area contributed by atoms with E-state index in [1.807, 2.05) is 42.5 Å². The number of nitrogens with one attached hydrogen (secondary N) is 1. The maximum atomic E-state index is 13.3. The van der Waals surface area contributed by atoms with E-state index >= 15 is 0 Å². The first-order valence-electron chi connectivity index (χ1n) is 11.0. The van der Waals surface area contributed by atoms with Gasteiger partial charge in [0, 0.05) is 5.56 Å². The summed E-state index contributed by atoms with van der Waals surface area (Å²) < 4.78 is 16.9. The highest BCUT2D eigenvalue weighted by atomic mass is 16.5. The lowest BCUT2D eigenvalue weighted by Gasteiger charge is -2.20. The number of ether oxygens (including phenoxy) is 3. The van der Waals surface area contributed by atoms with Crippen molar-refractivity contribution in [2.45, 2.75) is 38.9 Å². The van der Waals surface area contributed by atoms with E-state index in [4.69, 9.17) is 14.2 Å². The van der Waals surface area contributed by atoms with Gasteiger partial charge in [0.1, 0.15) is 11.5 Å². The van der Waals surface area contributed by atoms with Crippen molar-refractivity contribution < 1.29 is 23.8 Å². The van der Waals surface area contributed by atoms with Crippen LogP contribution in [0.5, 0.6) is 11.5 Å². The van der Waals surface area contributed by atoms with E-state index in [9.17, 15) is 9.59 Å². The van der Waals surface area contributed by atoms with Crippen LogP contribution in [-0.2, 0) is 9.53 Å². The molecule has 0 aliphatic rings. The molecule has 0 bridgehead atoms. The molecular formula is C27H29NO5. The summed E-state index contributed by atoms with van der Waals surface area (Å²) in [7, 11) is 1.30. The molecule has 3 rings (SSSR count). The Labute approximate surface area is 194 Å². The van der Waals surface area contributed by atoms with Gasteiger partial charge in [-0.25, -0.2) is 4.79 Å². The van der Waals surface area contributed by atoms with Gasteiger partial charge >= 0.3 is 5.97 Å². The number of benzene rings is 3. The van der Waals surface area contributed by atoms with Gasteiger partial charge in [-0.05, 0) is 49.2 Å². The van der Waals surface area contributed by atoms with Crippen LogP contribution < -0.4 is 14.8 Å². The Hall–Kier alpha value is -3.80. The second-order valence-corrected chi connectivity index (χ2v) is 7.46. The largest absolute Gasteiger partial charge is 0.490 e. The van der Waals surface area contributed by atoms with Crippen molar-refractivity contribution >= 4 is 17.6 Å². The molecule has 33 heavy (non-hydrogen) atoms. The molecule has 0 saturated heterocycles. The normalized spacial score (nSPS) is 11.5. The van der Waals surface area contributed by atoms with Gasteiger partial charge in [-0.3, -0.25) is 4.79 Å². The standard InChI is InChI=1S/C27H29NO5/c1-4-20(5-2)32-21-15-17-22(18-16-21)33-25(19-11-7-6-8-12-19)26(29)28-24-14-10-9-13-23(24)27(30)31-3/h6-18,20,25H,4-5H2,1-3H3,(H,28,29). The molecule has 0 aromatic heterocycles. The molecule has 172 valence electrons. The Kier molecular flexibility index (Phi) is 8.47. The Balaban J connectivity index is 1.82. The number of para-hydroxylation sites is 1. The number of esters is 1. The van der Waals surface area contributed by atoms with Crippen molar-refractivity contribution in [3.8, 4) is 11.5 Å². The second-order valence-electron chi connectivity index (χ2n) is 7.46. The SMILES string of the molecule is CCC(CC)Oc1ccc(OC(C(=O)Nc2ccccc2C(=O)OC)c2ccccc2)cc1. The molecular weight excluding hydrogens is 418 g/mol. The summed E-state index contributed by atoms with van der Waals surface area (Å²) in [6.45, 7) is 4.18. The molecule has 0 heterocycles. The molecule has 0 saturated carbocycles. The lowest BCUT2D eigenvalue weighted by atomic mass is 10.1. The highest BCUT2D eigenvalue weighted by molar-refractivity contribution is 6.02. The van der Waals surface area contributed by atoms with Crippen molar-refractivity contribution in [2.24, 2.45) is 0 Å². The number of methoxy groups -OCH3 is 1. The number of carbonyl (C=O) groups is 2. The number of hydrogen-bond donors (Lipinski definition) is 1. The third kappa shape index (κ3) is 6.35. The van der Waals surface area contributed by atoms with E-state index in [2.05, 4.69) is 19.2 Å². The molecule has 1 unspecified atom stereocenters. The minimum Gasteiger partial charge on any atom is -0.490 e. The van der Waals surface area contributed by atoms with Crippen molar-refractivity contribution in [1.29, 1.82) is 0 Å². The number of hydrogen-bond acceptors (Lipinski definition) is 5. The summed E-state index contributed by atoms with van der Waals surface area (Å²) in [6.07, 6.45) is 1.09. The van der Waals surface area contributed by atoms with Crippen molar-refractivity contribution in [3.05, 3.63) is 90.0 Å². The lowest BCUT2D eigenvalue weighted by molar-refractivity contribution is -0.123. The highest BCUT2D eigenvalue weighted by Gasteiger charge is 2.24. The molecule has 0 aliphatic carbocycles. The zero-order chi connectivity index (χ0) is 23.6. The molecule has 0 fully saturated rings. The van der Waals surface area contributed by atoms with E-state index in [1.54, 1.807) is 36.4 Å². The van der Waals surface area contributed by atoms with Crippen LogP contribution in [0.1, 0.15) is 48.7 Å². The van der Waals surface area contributed by atoms with E-state index < -0.39 is 18.0 Å². The Morgan fingerprint density at radius 3 is 1.97 bits per heavy atom. The van der Waals surface area contributed by atoms with Crippen LogP contribution >= 0.6 is 0 Å². The lowest BCUT2D eigenvalue weighted by Crippen LogP contribution is -2.26. The predicted octanol–water partition coefficient (Wildman–Crippen LogP) is 5.80. The number of anilines is 1. The van der Waals surface area contributed by atoms with Crippen molar-refractivity contribution in [3.63, 3.8) is 0 Å². The van der Waals surface area contributed by atoms with Gasteiger partial charge in [0.2, 0.25) is 6.10 Å². The fourth-order valence-electron chi connectivity index (χ4n) is 3.36. The molecule has 6 heteroatoms. The van der Waals surface area contributed by atoms with Crippen LogP contribution in [0.4, 0.5) is 5.69 Å². The van der Waals surface area contributed by atoms with Gasteiger partial charge < -0.3 is 19.5 Å². The van der Waals surface area contributed by atoms with Gasteiger partial charge in [-0.2, -0.15) is 0 Å². The fourth-order valence-corrected chi connectivity index (χ4v) is 3.36. The minimum absolute atomic E-state index is 0.162. The summed E-state index contributed by atoms with van der Waals surface area (Å²) in [5, 5.41) is 2.81. The summed E-state index contributed by atoms with van der Waals surface area (Å²) >= 11 is 0. The maximum Gasteiger partial charge on any atom is 0.339 e. The number of rotatable bonds is 10. The third-order valence-electron chi connectivity index (χ3n) is 5.22. The highest BCUT2D eigenvalue weighted by Crippen LogP contribution is 2.27. The average molecular weight is 448 g/mol. The molecule has 6 nitrogen and oxygen atoms in total. The van der Waals surface area contributed by atoms with Crippen molar-refractivity contribution in [1.82, 2.24) is 0 Å². The molecule has 3 aromatic rings. The molecule has 1 amide bonds. The summed E-state index contributed by atoms with van der Waals surface area (Å²) in [5.74, 6) is 0.340. The molecule has 1 atom stereocenters. The average Bonchev–Trinajstić information content (AvgIpc) is 2.87. The van der Waals surface area contributed by atoms with Gasteiger partial charge in [-0.1, -0.05) is 56.3 Å². The van der Waals surface area contributed by atoms with E-state index in [1.165, 1.54) is 7.11 Å². The summed E-state index contributed by atoms with van der Waals surface area (Å²) in [5.41, 5.74) is 1.30. The summed E-state index contributed by atoms with van der Waals surface area (Å²) in [6, 6.07) is 23.1. The Morgan fingerprint density at radius 1 is 0.788 bits per heavy atom. The molecule has 0 radical (unpaired) electrons. The van der Waals surface area contributed by atoms with Crippen molar-refractivity contribution in [2.75, 3.05) is 12.4 Å². The van der Waals surface area contributed by atoms with E-state index in [0.29, 0.717) is 17.0 Å². The first-order chi connectivity index (χ1) is 16.0. The maximum absolute atomic E-state index is 13.3. The van der Waals surface area contributed by atoms with Crippen LogP contribution in [-0.4, -0.2) is 25.1 Å². The third-order valence-corrected chi connectivity index (χ3v) is 5.22. The van der Waals surface area contributed by atoms with E-state index in [-0.39, 0.29) is 11.7 Å². The van der Waals surface area contributed by atoms with Gasteiger partial charge in [0.05, 0.1) is 24.5 Å². The van der Waals surface area contributed by atoms with Crippen LogP contribution in [0.25, 0.3) is 0 Å². The second kappa shape index (κ2) is 11.7. The Bertz CT molecular complexity index is 1050. The molecule has 0 spiro atoms. The van der Waals surface area contributed by atoms with Crippen LogP contribution in [0.3, 0.4) is 0 Å². The number of carbonyl (C=O) groups excluding carboxylic acids is 2. The first kappa shape index (κ1) is 23.9.